The molecule has 4 nitrogen and oxygen atoms in total. The van der Waals surface area contributed by atoms with Crippen LogP contribution in [-0.4, -0.2) is 14.6 Å². The molecule has 0 radical (unpaired) electrons. The molecule has 0 bridgehead atoms. The van der Waals surface area contributed by atoms with E-state index in [1.54, 1.807) is 0 Å². The first-order valence-corrected chi connectivity index (χ1v) is 6.54. The van der Waals surface area contributed by atoms with E-state index in [0.717, 1.165) is 5.56 Å². The molecule has 19 heavy (non-hydrogen) atoms. The normalized spacial score (nSPS) is 11.1. The number of aromatic nitrogens is 3. The van der Waals surface area contributed by atoms with Crippen LogP contribution in [0.3, 0.4) is 0 Å². The van der Waals surface area contributed by atoms with Crippen LogP contribution in [-0.2, 0) is 5.88 Å². The second-order valence-electron chi connectivity index (χ2n) is 4.06. The largest absolute Gasteiger partial charge is 0.342 e. The van der Waals surface area contributed by atoms with Gasteiger partial charge in [-0.3, -0.25) is 4.79 Å². The molecule has 0 aliphatic carbocycles. The summed E-state index contributed by atoms with van der Waals surface area (Å²) in [5.74, 6) is 0.225. The molecule has 0 unspecified atom stereocenters. The molecular formula is C13H9Cl2N3O. The van der Waals surface area contributed by atoms with Gasteiger partial charge in [0.1, 0.15) is 5.65 Å². The number of nitrogens with zero attached hydrogens (tertiary/aromatic N) is 2. The van der Waals surface area contributed by atoms with Crippen molar-refractivity contribution in [3.63, 3.8) is 0 Å². The van der Waals surface area contributed by atoms with Crippen molar-refractivity contribution in [2.24, 2.45) is 0 Å². The average Bonchev–Trinajstić information content (AvgIpc) is 2.76. The van der Waals surface area contributed by atoms with Crippen LogP contribution in [0.15, 0.2) is 41.2 Å². The van der Waals surface area contributed by atoms with E-state index in [0.29, 0.717) is 16.9 Å². The Morgan fingerprint density at radius 2 is 2.00 bits per heavy atom. The van der Waals surface area contributed by atoms with Gasteiger partial charge >= 0.3 is 0 Å². The molecule has 0 saturated carbocycles. The lowest BCUT2D eigenvalue weighted by atomic mass is 10.1. The Morgan fingerprint density at radius 3 is 2.68 bits per heavy atom. The number of H-pyrrole nitrogens is 1. The molecule has 2 aromatic heterocycles. The fraction of sp³-hybridized carbons (Fsp3) is 0.0769. The summed E-state index contributed by atoms with van der Waals surface area (Å²) in [5, 5.41) is 4.34. The third-order valence-electron chi connectivity index (χ3n) is 2.83. The SMILES string of the molecule is O=c1cc(CCl)[nH]c2c(-c3ccccc3)c(Cl)nn12. The molecule has 0 aliphatic heterocycles. The summed E-state index contributed by atoms with van der Waals surface area (Å²) in [7, 11) is 0. The minimum Gasteiger partial charge on any atom is -0.342 e. The summed E-state index contributed by atoms with van der Waals surface area (Å²) in [5.41, 5.74) is 2.52. The van der Waals surface area contributed by atoms with E-state index in [9.17, 15) is 4.79 Å². The van der Waals surface area contributed by atoms with Crippen LogP contribution in [0.1, 0.15) is 5.69 Å². The van der Waals surface area contributed by atoms with Gasteiger partial charge < -0.3 is 4.98 Å². The number of alkyl halides is 1. The summed E-state index contributed by atoms with van der Waals surface area (Å²) in [6.45, 7) is 0. The minimum absolute atomic E-state index is 0.225. The van der Waals surface area contributed by atoms with Gasteiger partial charge in [-0.05, 0) is 5.56 Å². The van der Waals surface area contributed by atoms with Gasteiger partial charge in [0.05, 0.1) is 11.4 Å². The van der Waals surface area contributed by atoms with Gasteiger partial charge in [-0.25, -0.2) is 0 Å². The Labute approximate surface area is 118 Å². The molecule has 6 heteroatoms. The van der Waals surface area contributed by atoms with Gasteiger partial charge in [-0.2, -0.15) is 9.61 Å². The van der Waals surface area contributed by atoms with Crippen molar-refractivity contribution in [2.45, 2.75) is 5.88 Å². The monoisotopic (exact) mass is 293 g/mol. The zero-order valence-corrected chi connectivity index (χ0v) is 11.2. The standard InChI is InChI=1S/C13H9Cl2N3O/c14-7-9-6-10(19)18-13(16-9)11(12(15)17-18)8-4-2-1-3-5-8/h1-6,16H,7H2. The summed E-state index contributed by atoms with van der Waals surface area (Å²) in [6.07, 6.45) is 0. The minimum atomic E-state index is -0.256. The van der Waals surface area contributed by atoms with Gasteiger partial charge in [-0.15, -0.1) is 11.6 Å². The number of hydrogen-bond donors (Lipinski definition) is 1. The fourth-order valence-electron chi connectivity index (χ4n) is 2.00. The first-order valence-electron chi connectivity index (χ1n) is 5.62. The Morgan fingerprint density at radius 1 is 1.26 bits per heavy atom. The van der Waals surface area contributed by atoms with Crippen molar-refractivity contribution in [2.75, 3.05) is 0 Å². The molecule has 0 saturated heterocycles. The number of benzene rings is 1. The van der Waals surface area contributed by atoms with Crippen molar-refractivity contribution in [1.29, 1.82) is 0 Å². The highest BCUT2D eigenvalue weighted by Crippen LogP contribution is 2.29. The summed E-state index contributed by atoms with van der Waals surface area (Å²) >= 11 is 11.9. The van der Waals surface area contributed by atoms with Crippen LogP contribution in [0.4, 0.5) is 0 Å². The number of halogens is 2. The molecule has 2 heterocycles. The van der Waals surface area contributed by atoms with Gasteiger partial charge in [-0.1, -0.05) is 41.9 Å². The highest BCUT2D eigenvalue weighted by Gasteiger charge is 2.15. The molecule has 0 amide bonds. The molecule has 0 atom stereocenters. The zero-order chi connectivity index (χ0) is 13.4. The topological polar surface area (TPSA) is 50.2 Å². The maximum absolute atomic E-state index is 11.9. The van der Waals surface area contributed by atoms with Crippen LogP contribution in [0, 0.1) is 0 Å². The van der Waals surface area contributed by atoms with Crippen LogP contribution in [0.5, 0.6) is 0 Å². The Balaban J connectivity index is 2.39. The van der Waals surface area contributed by atoms with Crippen LogP contribution >= 0.6 is 23.2 Å². The van der Waals surface area contributed by atoms with Crippen molar-refractivity contribution in [3.8, 4) is 11.1 Å². The molecular weight excluding hydrogens is 285 g/mol. The molecule has 3 aromatic rings. The third-order valence-corrected chi connectivity index (χ3v) is 3.39. The predicted octanol–water partition coefficient (Wildman–Crippen LogP) is 3.08. The lowest BCUT2D eigenvalue weighted by molar-refractivity contribution is 0.888. The lowest BCUT2D eigenvalue weighted by Crippen LogP contribution is -2.15. The van der Waals surface area contributed by atoms with E-state index in [4.69, 9.17) is 23.2 Å². The summed E-state index contributed by atoms with van der Waals surface area (Å²) in [4.78, 5) is 15.0. The van der Waals surface area contributed by atoms with E-state index in [2.05, 4.69) is 10.1 Å². The predicted molar refractivity (Wildman–Crippen MR) is 75.8 cm³/mol. The molecule has 96 valence electrons. The Hall–Kier alpha value is -1.78. The van der Waals surface area contributed by atoms with Gasteiger partial charge in [0, 0.05) is 11.8 Å². The van der Waals surface area contributed by atoms with Crippen molar-refractivity contribution in [1.82, 2.24) is 14.6 Å². The highest BCUT2D eigenvalue weighted by molar-refractivity contribution is 6.33. The van der Waals surface area contributed by atoms with Gasteiger partial charge in [0.25, 0.3) is 5.56 Å². The molecule has 1 aromatic carbocycles. The van der Waals surface area contributed by atoms with E-state index in [-0.39, 0.29) is 16.6 Å². The summed E-state index contributed by atoms with van der Waals surface area (Å²) in [6, 6.07) is 11.0. The number of fused-ring (bicyclic) bond motifs is 1. The zero-order valence-electron chi connectivity index (χ0n) is 9.73. The van der Waals surface area contributed by atoms with Crippen molar-refractivity contribution < 1.29 is 0 Å². The van der Waals surface area contributed by atoms with Crippen LogP contribution < -0.4 is 5.56 Å². The number of rotatable bonds is 2. The fourth-order valence-corrected chi connectivity index (χ4v) is 2.42. The smallest absolute Gasteiger partial charge is 0.274 e. The van der Waals surface area contributed by atoms with E-state index >= 15 is 0 Å². The van der Waals surface area contributed by atoms with E-state index in [1.807, 2.05) is 30.3 Å². The highest BCUT2D eigenvalue weighted by atomic mass is 35.5. The second-order valence-corrected chi connectivity index (χ2v) is 4.68. The summed E-state index contributed by atoms with van der Waals surface area (Å²) < 4.78 is 1.25. The molecule has 1 N–H and O–H groups in total. The maximum atomic E-state index is 11.9. The average molecular weight is 294 g/mol. The number of nitrogens with one attached hydrogen (secondary N) is 1. The first-order chi connectivity index (χ1) is 9.20. The second kappa shape index (κ2) is 4.72. The van der Waals surface area contributed by atoms with Gasteiger partial charge in [0.2, 0.25) is 0 Å². The van der Waals surface area contributed by atoms with Crippen LogP contribution in [0.25, 0.3) is 16.8 Å². The number of aromatic amines is 1. The quantitative estimate of drug-likeness (QED) is 0.738. The van der Waals surface area contributed by atoms with Gasteiger partial charge in [0.15, 0.2) is 5.15 Å². The third kappa shape index (κ3) is 2.03. The Bertz CT molecular complexity index is 793. The molecule has 0 aliphatic rings. The lowest BCUT2D eigenvalue weighted by Gasteiger charge is -2.01. The van der Waals surface area contributed by atoms with E-state index in [1.165, 1.54) is 10.6 Å². The molecule has 0 fully saturated rings. The van der Waals surface area contributed by atoms with Crippen molar-refractivity contribution in [3.05, 3.63) is 57.6 Å². The van der Waals surface area contributed by atoms with E-state index < -0.39 is 0 Å². The van der Waals surface area contributed by atoms with Crippen molar-refractivity contribution >= 4 is 28.8 Å². The van der Waals surface area contributed by atoms with Crippen LogP contribution in [0.2, 0.25) is 5.15 Å². The first kappa shape index (κ1) is 12.3. The molecule has 3 rings (SSSR count). The number of hydrogen-bond acceptors (Lipinski definition) is 2. The molecule has 0 spiro atoms. The maximum Gasteiger partial charge on any atom is 0.274 e. The Kier molecular flexibility index (Phi) is 3.05.